The van der Waals surface area contributed by atoms with Gasteiger partial charge in [0.2, 0.25) is 5.91 Å². The molecule has 8 heteroatoms. The van der Waals surface area contributed by atoms with Crippen molar-refractivity contribution in [3.8, 4) is 0 Å². The summed E-state index contributed by atoms with van der Waals surface area (Å²) in [6.45, 7) is 3.83. The second kappa shape index (κ2) is 7.14. The molecule has 0 unspecified atom stereocenters. The molecule has 3 rings (SSSR count). The number of nitrogens with zero attached hydrogens (tertiary/aromatic N) is 1. The van der Waals surface area contributed by atoms with Gasteiger partial charge in [-0.05, 0) is 24.3 Å². The molecule has 0 fully saturated rings. The van der Waals surface area contributed by atoms with Crippen molar-refractivity contribution < 1.29 is 18.4 Å². The number of nitrogens with one attached hydrogen (secondary N) is 3. The smallest absolute Gasteiger partial charge is 0.308 e. The molecule has 1 aliphatic heterocycles. The number of hydrazone groups is 1. The molecule has 0 saturated carbocycles. The molecule has 0 radical (unpaired) electrons. The van der Waals surface area contributed by atoms with E-state index in [-0.39, 0.29) is 11.6 Å². The van der Waals surface area contributed by atoms with E-state index in [1.54, 1.807) is 18.2 Å². The van der Waals surface area contributed by atoms with Crippen LogP contribution in [0.25, 0.3) is 0 Å². The highest BCUT2D eigenvalue weighted by Gasteiger charge is 2.33. The summed E-state index contributed by atoms with van der Waals surface area (Å²) in [5.74, 6) is -2.19. The lowest BCUT2D eigenvalue weighted by Crippen LogP contribution is -2.39. The van der Waals surface area contributed by atoms with Gasteiger partial charge in [-0.2, -0.15) is 5.10 Å². The maximum atomic E-state index is 13.2. The fourth-order valence-corrected chi connectivity index (χ4v) is 2.86. The molecule has 0 bridgehead atoms. The molecule has 140 valence electrons. The molecule has 27 heavy (non-hydrogen) atoms. The van der Waals surface area contributed by atoms with Crippen molar-refractivity contribution in [2.24, 2.45) is 10.5 Å². The zero-order valence-corrected chi connectivity index (χ0v) is 14.8. The Balaban J connectivity index is 1.75. The minimum absolute atomic E-state index is 0.128. The van der Waals surface area contributed by atoms with Gasteiger partial charge in [0.25, 0.3) is 0 Å². The zero-order valence-electron chi connectivity index (χ0n) is 14.8. The summed E-state index contributed by atoms with van der Waals surface area (Å²) in [6.07, 6.45) is 0.306. The number of carbonyl (C=O) groups excluding carboxylic acids is 2. The summed E-state index contributed by atoms with van der Waals surface area (Å²) in [5.41, 5.74) is 4.10. The highest BCUT2D eigenvalue weighted by molar-refractivity contribution is 6.09. The van der Waals surface area contributed by atoms with E-state index >= 15 is 0 Å². The lowest BCUT2D eigenvalue weighted by molar-refractivity contribution is -0.122. The monoisotopic (exact) mass is 372 g/mol. The molecule has 1 aliphatic rings. The van der Waals surface area contributed by atoms with Gasteiger partial charge in [-0.3, -0.25) is 4.79 Å². The van der Waals surface area contributed by atoms with Crippen LogP contribution in [-0.4, -0.2) is 17.6 Å². The van der Waals surface area contributed by atoms with Crippen LogP contribution < -0.4 is 16.1 Å². The maximum absolute atomic E-state index is 13.2. The van der Waals surface area contributed by atoms with E-state index in [0.717, 1.165) is 17.7 Å². The number of urea groups is 1. The number of carbonyl (C=O) groups is 2. The van der Waals surface area contributed by atoms with E-state index < -0.39 is 23.1 Å². The predicted octanol–water partition coefficient (Wildman–Crippen LogP) is 3.86. The standard InChI is InChI=1S/C19H18F2N4O2/c1-19(2)10-16(26)24-25-17(19)11-4-3-5-12(8-11)22-18(27)23-13-6-7-14(20)15(21)9-13/h3-9H,10H2,1-2H3,(H,24,26)(H2,22,23,27). The van der Waals surface area contributed by atoms with Crippen molar-refractivity contribution in [3.63, 3.8) is 0 Å². The van der Waals surface area contributed by atoms with Gasteiger partial charge in [0.1, 0.15) is 0 Å². The van der Waals surface area contributed by atoms with Crippen LogP contribution in [0.2, 0.25) is 0 Å². The van der Waals surface area contributed by atoms with Crippen molar-refractivity contribution in [2.45, 2.75) is 20.3 Å². The van der Waals surface area contributed by atoms with E-state index in [4.69, 9.17) is 0 Å². The van der Waals surface area contributed by atoms with Crippen molar-refractivity contribution in [1.82, 2.24) is 5.43 Å². The van der Waals surface area contributed by atoms with Crippen LogP contribution in [0.5, 0.6) is 0 Å². The van der Waals surface area contributed by atoms with Crippen LogP contribution in [0, 0.1) is 17.0 Å². The molecule has 3 amide bonds. The Hall–Kier alpha value is -3.29. The summed E-state index contributed by atoms with van der Waals surface area (Å²) >= 11 is 0. The fraction of sp³-hybridized carbons (Fsp3) is 0.211. The molecule has 2 aromatic rings. The number of hydrogen-bond acceptors (Lipinski definition) is 3. The minimum atomic E-state index is -1.05. The summed E-state index contributed by atoms with van der Waals surface area (Å²) in [6, 6.07) is 9.48. The molecule has 0 aromatic heterocycles. The summed E-state index contributed by atoms with van der Waals surface area (Å²) < 4.78 is 26.2. The minimum Gasteiger partial charge on any atom is -0.308 e. The number of rotatable bonds is 3. The van der Waals surface area contributed by atoms with Gasteiger partial charge in [0.05, 0.1) is 5.71 Å². The maximum Gasteiger partial charge on any atom is 0.323 e. The third-order valence-electron chi connectivity index (χ3n) is 4.11. The highest BCUT2D eigenvalue weighted by atomic mass is 19.2. The van der Waals surface area contributed by atoms with Gasteiger partial charge in [-0.1, -0.05) is 26.0 Å². The molecular weight excluding hydrogens is 354 g/mol. The zero-order chi connectivity index (χ0) is 19.6. The normalized spacial score (nSPS) is 15.6. The third kappa shape index (κ3) is 4.28. The van der Waals surface area contributed by atoms with Crippen molar-refractivity contribution in [1.29, 1.82) is 0 Å². The number of halogens is 2. The van der Waals surface area contributed by atoms with E-state index in [1.807, 2.05) is 19.9 Å². The van der Waals surface area contributed by atoms with Gasteiger partial charge >= 0.3 is 6.03 Å². The predicted molar refractivity (Wildman–Crippen MR) is 98.5 cm³/mol. The number of hydrogen-bond donors (Lipinski definition) is 3. The molecule has 0 atom stereocenters. The van der Waals surface area contributed by atoms with E-state index in [0.29, 0.717) is 17.8 Å². The van der Waals surface area contributed by atoms with Crippen LogP contribution in [-0.2, 0) is 4.79 Å². The SMILES string of the molecule is CC1(C)CC(=O)NN=C1c1cccc(NC(=O)Nc2ccc(F)c(F)c2)c1. The molecule has 0 spiro atoms. The quantitative estimate of drug-likeness (QED) is 0.765. The molecule has 0 saturated heterocycles. The highest BCUT2D eigenvalue weighted by Crippen LogP contribution is 2.30. The number of benzene rings is 2. The van der Waals surface area contributed by atoms with E-state index in [2.05, 4.69) is 21.2 Å². The third-order valence-corrected chi connectivity index (χ3v) is 4.11. The van der Waals surface area contributed by atoms with Crippen LogP contribution in [0.15, 0.2) is 47.6 Å². The average molecular weight is 372 g/mol. The Labute approximate surface area is 154 Å². The Morgan fingerprint density at radius 3 is 2.44 bits per heavy atom. The Morgan fingerprint density at radius 2 is 1.78 bits per heavy atom. The molecule has 1 heterocycles. The van der Waals surface area contributed by atoms with E-state index in [9.17, 15) is 18.4 Å². The van der Waals surface area contributed by atoms with Crippen LogP contribution >= 0.6 is 0 Å². The molecular formula is C19H18F2N4O2. The molecule has 0 aliphatic carbocycles. The van der Waals surface area contributed by atoms with Crippen LogP contribution in [0.1, 0.15) is 25.8 Å². The molecule has 3 N–H and O–H groups in total. The van der Waals surface area contributed by atoms with Crippen molar-refractivity contribution >= 4 is 29.0 Å². The molecule has 2 aromatic carbocycles. The van der Waals surface area contributed by atoms with Crippen molar-refractivity contribution in [2.75, 3.05) is 10.6 Å². The first kappa shape index (κ1) is 18.5. The Bertz CT molecular complexity index is 941. The second-order valence-electron chi connectivity index (χ2n) is 6.84. The lowest BCUT2D eigenvalue weighted by atomic mass is 9.79. The Morgan fingerprint density at radius 1 is 1.07 bits per heavy atom. The Kier molecular flexibility index (Phi) is 4.89. The largest absolute Gasteiger partial charge is 0.323 e. The van der Waals surface area contributed by atoms with Gasteiger partial charge in [-0.25, -0.2) is 19.0 Å². The fourth-order valence-electron chi connectivity index (χ4n) is 2.86. The summed E-state index contributed by atoms with van der Waals surface area (Å²) in [4.78, 5) is 23.7. The van der Waals surface area contributed by atoms with Crippen molar-refractivity contribution in [3.05, 3.63) is 59.7 Å². The van der Waals surface area contributed by atoms with E-state index in [1.165, 1.54) is 6.07 Å². The topological polar surface area (TPSA) is 82.6 Å². The molecule has 6 nitrogen and oxygen atoms in total. The van der Waals surface area contributed by atoms with Crippen LogP contribution in [0.3, 0.4) is 0 Å². The number of anilines is 2. The van der Waals surface area contributed by atoms with Gasteiger partial charge in [0.15, 0.2) is 11.6 Å². The van der Waals surface area contributed by atoms with Crippen LogP contribution in [0.4, 0.5) is 25.0 Å². The second-order valence-corrected chi connectivity index (χ2v) is 6.84. The first-order valence-corrected chi connectivity index (χ1v) is 8.25. The van der Waals surface area contributed by atoms with Gasteiger partial charge in [0, 0.05) is 34.8 Å². The average Bonchev–Trinajstić information content (AvgIpc) is 2.57. The van der Waals surface area contributed by atoms with Gasteiger partial charge in [-0.15, -0.1) is 0 Å². The lowest BCUT2D eigenvalue weighted by Gasteiger charge is -2.29. The number of amides is 3. The summed E-state index contributed by atoms with van der Waals surface area (Å²) in [5, 5.41) is 9.22. The first-order valence-electron chi connectivity index (χ1n) is 8.25. The summed E-state index contributed by atoms with van der Waals surface area (Å²) in [7, 11) is 0. The first-order chi connectivity index (χ1) is 12.7. The van der Waals surface area contributed by atoms with Gasteiger partial charge < -0.3 is 10.6 Å².